The first kappa shape index (κ1) is 12.5. The van der Waals surface area contributed by atoms with Gasteiger partial charge in [-0.05, 0) is 19.1 Å². The van der Waals surface area contributed by atoms with Crippen molar-refractivity contribution >= 4 is 34.8 Å². The van der Waals surface area contributed by atoms with E-state index in [1.807, 2.05) is 6.92 Å². The first-order chi connectivity index (χ1) is 8.22. The molecule has 0 aliphatic carbocycles. The summed E-state index contributed by atoms with van der Waals surface area (Å²) < 4.78 is 0. The van der Waals surface area contributed by atoms with Crippen molar-refractivity contribution in [2.75, 3.05) is 19.7 Å². The zero-order valence-corrected chi connectivity index (χ0v) is 10.9. The highest BCUT2D eigenvalue weighted by atomic mass is 35.5. The van der Waals surface area contributed by atoms with Gasteiger partial charge in [0.1, 0.15) is 5.69 Å². The molecule has 0 amide bonds. The number of guanidine groups is 1. The van der Waals surface area contributed by atoms with Gasteiger partial charge in [0.2, 0.25) is 5.96 Å². The number of nitrogens with zero attached hydrogens (tertiary/aromatic N) is 2. The molecular weight excluding hydrogens is 261 g/mol. The number of hydroxylamine groups is 2. The van der Waals surface area contributed by atoms with Crippen LogP contribution in [-0.2, 0) is 4.84 Å². The molecule has 1 fully saturated rings. The molecule has 1 N–H and O–H groups in total. The van der Waals surface area contributed by atoms with Crippen LogP contribution in [0.15, 0.2) is 23.2 Å². The molecule has 1 heterocycles. The van der Waals surface area contributed by atoms with Gasteiger partial charge in [-0.15, -0.1) is 0 Å². The van der Waals surface area contributed by atoms with Gasteiger partial charge >= 0.3 is 0 Å². The van der Waals surface area contributed by atoms with E-state index in [1.165, 1.54) is 0 Å². The van der Waals surface area contributed by atoms with Crippen molar-refractivity contribution in [3.63, 3.8) is 0 Å². The number of benzene rings is 1. The molecule has 1 aromatic carbocycles. The van der Waals surface area contributed by atoms with E-state index in [4.69, 9.17) is 28.0 Å². The molecule has 0 spiro atoms. The van der Waals surface area contributed by atoms with E-state index in [0.29, 0.717) is 28.3 Å². The SMILES string of the molecule is CCON1CCN/C1=N\c1c(Cl)cccc1Cl. The Kier molecular flexibility index (Phi) is 4.10. The number of aliphatic imine (C=N–C) groups is 1. The van der Waals surface area contributed by atoms with Crippen molar-refractivity contribution in [2.45, 2.75) is 6.92 Å². The second kappa shape index (κ2) is 5.58. The fraction of sp³-hybridized carbons (Fsp3) is 0.364. The largest absolute Gasteiger partial charge is 0.352 e. The minimum absolute atomic E-state index is 0.523. The lowest BCUT2D eigenvalue weighted by Crippen LogP contribution is -2.30. The Bertz CT molecular complexity index is 416. The molecule has 0 saturated carbocycles. The zero-order chi connectivity index (χ0) is 12.3. The van der Waals surface area contributed by atoms with Crippen LogP contribution in [0, 0.1) is 0 Å². The van der Waals surface area contributed by atoms with Crippen LogP contribution in [0.1, 0.15) is 6.92 Å². The lowest BCUT2D eigenvalue weighted by molar-refractivity contribution is -0.0837. The van der Waals surface area contributed by atoms with Crippen LogP contribution in [0.4, 0.5) is 5.69 Å². The summed E-state index contributed by atoms with van der Waals surface area (Å²) in [6, 6.07) is 5.30. The molecule has 1 saturated heterocycles. The summed E-state index contributed by atoms with van der Waals surface area (Å²) in [5, 5.41) is 5.88. The van der Waals surface area contributed by atoms with Gasteiger partial charge in [-0.2, -0.15) is 0 Å². The van der Waals surface area contributed by atoms with Gasteiger partial charge in [0.15, 0.2) is 0 Å². The average Bonchev–Trinajstić information content (AvgIpc) is 2.72. The minimum Gasteiger partial charge on any atom is -0.352 e. The highest BCUT2D eigenvalue weighted by Gasteiger charge is 2.19. The molecule has 6 heteroatoms. The third kappa shape index (κ3) is 2.83. The predicted molar refractivity (Wildman–Crippen MR) is 69.9 cm³/mol. The highest BCUT2D eigenvalue weighted by Crippen LogP contribution is 2.32. The summed E-state index contributed by atoms with van der Waals surface area (Å²) in [4.78, 5) is 9.82. The van der Waals surface area contributed by atoms with Gasteiger partial charge in [-0.3, -0.25) is 4.84 Å². The molecule has 0 aromatic heterocycles. The Hall–Kier alpha value is -0.970. The molecule has 1 aliphatic heterocycles. The van der Waals surface area contributed by atoms with E-state index < -0.39 is 0 Å². The average molecular weight is 274 g/mol. The summed E-state index contributed by atoms with van der Waals surface area (Å²) in [7, 11) is 0. The van der Waals surface area contributed by atoms with Gasteiger partial charge in [-0.1, -0.05) is 29.3 Å². The number of rotatable bonds is 3. The lowest BCUT2D eigenvalue weighted by Gasteiger charge is -2.15. The summed E-state index contributed by atoms with van der Waals surface area (Å²) in [6.45, 7) is 4.07. The van der Waals surface area contributed by atoms with Crippen LogP contribution in [0.2, 0.25) is 10.0 Å². The Morgan fingerprint density at radius 3 is 2.76 bits per heavy atom. The minimum atomic E-state index is 0.523. The van der Waals surface area contributed by atoms with Gasteiger partial charge in [0, 0.05) is 6.54 Å². The van der Waals surface area contributed by atoms with E-state index in [0.717, 1.165) is 13.1 Å². The molecule has 1 aromatic rings. The maximum absolute atomic E-state index is 6.05. The molecule has 2 rings (SSSR count). The maximum atomic E-state index is 6.05. The topological polar surface area (TPSA) is 36.9 Å². The summed E-state index contributed by atoms with van der Waals surface area (Å²) >= 11 is 12.1. The second-order valence-electron chi connectivity index (χ2n) is 3.45. The maximum Gasteiger partial charge on any atom is 0.223 e. The van der Waals surface area contributed by atoms with E-state index in [2.05, 4.69) is 10.3 Å². The predicted octanol–water partition coefficient (Wildman–Crippen LogP) is 2.84. The van der Waals surface area contributed by atoms with Gasteiger partial charge < -0.3 is 5.32 Å². The van der Waals surface area contributed by atoms with Gasteiger partial charge in [-0.25, -0.2) is 10.1 Å². The molecule has 0 radical (unpaired) electrons. The fourth-order valence-electron chi connectivity index (χ4n) is 1.54. The third-order valence-corrected chi connectivity index (χ3v) is 2.88. The zero-order valence-electron chi connectivity index (χ0n) is 9.41. The molecule has 1 aliphatic rings. The van der Waals surface area contributed by atoms with Gasteiger partial charge in [0.25, 0.3) is 0 Å². The number of para-hydroxylation sites is 1. The highest BCUT2D eigenvalue weighted by molar-refractivity contribution is 6.38. The van der Waals surface area contributed by atoms with Crippen molar-refractivity contribution < 1.29 is 4.84 Å². The van der Waals surface area contributed by atoms with Crippen LogP contribution in [0.25, 0.3) is 0 Å². The van der Waals surface area contributed by atoms with Crippen LogP contribution in [0.5, 0.6) is 0 Å². The third-order valence-electron chi connectivity index (χ3n) is 2.27. The van der Waals surface area contributed by atoms with Gasteiger partial charge in [0.05, 0.1) is 23.2 Å². The standard InChI is InChI=1S/C11H13Cl2N3O/c1-2-17-16-7-6-14-11(16)15-10-8(12)4-3-5-9(10)13/h3-5H,2,6-7H2,1H3,(H,14,15). The Balaban J connectivity index is 2.29. The van der Waals surface area contributed by atoms with Crippen molar-refractivity contribution in [3.05, 3.63) is 28.2 Å². The summed E-state index contributed by atoms with van der Waals surface area (Å²) in [5.41, 5.74) is 0.560. The first-order valence-electron chi connectivity index (χ1n) is 5.39. The van der Waals surface area contributed by atoms with Crippen molar-refractivity contribution in [2.24, 2.45) is 4.99 Å². The quantitative estimate of drug-likeness (QED) is 0.920. The van der Waals surface area contributed by atoms with Crippen LogP contribution in [0.3, 0.4) is 0 Å². The van der Waals surface area contributed by atoms with E-state index in [-0.39, 0.29) is 0 Å². The number of halogens is 2. The number of nitrogens with one attached hydrogen (secondary N) is 1. The Labute approximate surface area is 110 Å². The van der Waals surface area contributed by atoms with E-state index in [9.17, 15) is 0 Å². The van der Waals surface area contributed by atoms with E-state index in [1.54, 1.807) is 23.3 Å². The summed E-state index contributed by atoms with van der Waals surface area (Å²) in [5.74, 6) is 0.641. The van der Waals surface area contributed by atoms with Crippen molar-refractivity contribution in [1.82, 2.24) is 10.4 Å². The Morgan fingerprint density at radius 1 is 1.41 bits per heavy atom. The molecule has 0 bridgehead atoms. The fourth-order valence-corrected chi connectivity index (χ4v) is 2.02. The molecular formula is C11H13Cl2N3O. The molecule has 4 nitrogen and oxygen atoms in total. The van der Waals surface area contributed by atoms with E-state index >= 15 is 0 Å². The lowest BCUT2D eigenvalue weighted by atomic mass is 10.3. The summed E-state index contributed by atoms with van der Waals surface area (Å²) in [6.07, 6.45) is 0. The second-order valence-corrected chi connectivity index (χ2v) is 4.27. The molecule has 0 unspecified atom stereocenters. The van der Waals surface area contributed by atoms with Crippen LogP contribution >= 0.6 is 23.2 Å². The molecule has 92 valence electrons. The number of hydrogen-bond acceptors (Lipinski definition) is 2. The van der Waals surface area contributed by atoms with Crippen LogP contribution < -0.4 is 5.32 Å². The normalized spacial score (nSPS) is 17.6. The molecule has 0 atom stereocenters. The van der Waals surface area contributed by atoms with Crippen molar-refractivity contribution in [1.29, 1.82) is 0 Å². The van der Waals surface area contributed by atoms with Crippen LogP contribution in [-0.4, -0.2) is 30.7 Å². The smallest absolute Gasteiger partial charge is 0.223 e. The number of hydrogen-bond donors (Lipinski definition) is 1. The monoisotopic (exact) mass is 273 g/mol. The Morgan fingerprint density at radius 2 is 2.12 bits per heavy atom. The first-order valence-corrected chi connectivity index (χ1v) is 6.15. The van der Waals surface area contributed by atoms with Crippen molar-refractivity contribution in [3.8, 4) is 0 Å². The molecule has 17 heavy (non-hydrogen) atoms.